The van der Waals surface area contributed by atoms with Crippen molar-refractivity contribution in [1.82, 2.24) is 0 Å². The third-order valence-corrected chi connectivity index (χ3v) is 3.74. The van der Waals surface area contributed by atoms with Crippen molar-refractivity contribution < 1.29 is 4.79 Å². The van der Waals surface area contributed by atoms with E-state index in [1.54, 1.807) is 0 Å². The summed E-state index contributed by atoms with van der Waals surface area (Å²) in [6.07, 6.45) is 1.86. The van der Waals surface area contributed by atoms with Gasteiger partial charge in [0.25, 0.3) is 5.91 Å². The minimum Gasteiger partial charge on any atom is -0.350 e. The number of amides is 1. The van der Waals surface area contributed by atoms with Crippen LogP contribution in [0.3, 0.4) is 0 Å². The highest BCUT2D eigenvalue weighted by atomic mass is 79.9. The van der Waals surface area contributed by atoms with Gasteiger partial charge in [-0.1, -0.05) is 34.1 Å². The van der Waals surface area contributed by atoms with Crippen molar-refractivity contribution in [2.24, 2.45) is 0 Å². The van der Waals surface area contributed by atoms with Crippen molar-refractivity contribution in [2.75, 3.05) is 17.3 Å². The minimum atomic E-state index is -0.0686. The van der Waals surface area contributed by atoms with Crippen LogP contribution >= 0.6 is 15.9 Å². The van der Waals surface area contributed by atoms with E-state index in [4.69, 9.17) is 0 Å². The molecule has 0 atom stereocenters. The number of hydrogen-bond acceptors (Lipinski definition) is 2. The number of nitrogens with zero attached hydrogens (tertiary/aromatic N) is 1. The van der Waals surface area contributed by atoms with E-state index >= 15 is 0 Å². The predicted molar refractivity (Wildman–Crippen MR) is 85.6 cm³/mol. The van der Waals surface area contributed by atoms with Crippen molar-refractivity contribution in [3.8, 4) is 0 Å². The minimum absolute atomic E-state index is 0.0686. The van der Waals surface area contributed by atoms with E-state index in [-0.39, 0.29) is 5.91 Å². The van der Waals surface area contributed by atoms with E-state index in [9.17, 15) is 4.79 Å². The topological polar surface area (TPSA) is 32.3 Å². The quantitative estimate of drug-likeness (QED) is 0.848. The highest BCUT2D eigenvalue weighted by Gasteiger charge is 2.24. The zero-order chi connectivity index (χ0) is 14.1. The molecular formula is C16H13BrN2O. The summed E-state index contributed by atoms with van der Waals surface area (Å²) in [5.41, 5.74) is 3.49. The van der Waals surface area contributed by atoms with Gasteiger partial charge in [0, 0.05) is 34.7 Å². The Bertz CT molecular complexity index is 695. The van der Waals surface area contributed by atoms with Gasteiger partial charge >= 0.3 is 0 Å². The fourth-order valence-electron chi connectivity index (χ4n) is 2.22. The standard InChI is InChI=1S/C16H13BrN2O/c1-19(12-5-3-2-4-6-12)10-14-13-9-11(17)7-8-15(13)18-16(14)20/h2-10H,1H3,(H,18,20)/b14-10+. The van der Waals surface area contributed by atoms with E-state index in [0.717, 1.165) is 21.4 Å². The molecule has 0 unspecified atom stereocenters. The fourth-order valence-corrected chi connectivity index (χ4v) is 2.58. The fraction of sp³-hybridized carbons (Fsp3) is 0.0625. The Labute approximate surface area is 126 Å². The van der Waals surface area contributed by atoms with Crippen molar-refractivity contribution in [1.29, 1.82) is 0 Å². The Morgan fingerprint density at radius 1 is 1.15 bits per heavy atom. The molecule has 0 aliphatic carbocycles. The van der Waals surface area contributed by atoms with Crippen LogP contribution < -0.4 is 10.2 Å². The lowest BCUT2D eigenvalue weighted by molar-refractivity contribution is -0.110. The van der Waals surface area contributed by atoms with Gasteiger partial charge in [0.15, 0.2) is 0 Å². The van der Waals surface area contributed by atoms with Crippen molar-refractivity contribution >= 4 is 38.8 Å². The van der Waals surface area contributed by atoms with Gasteiger partial charge in [-0.15, -0.1) is 0 Å². The van der Waals surface area contributed by atoms with Crippen molar-refractivity contribution in [3.63, 3.8) is 0 Å². The molecule has 1 heterocycles. The summed E-state index contributed by atoms with van der Waals surface area (Å²) >= 11 is 3.44. The van der Waals surface area contributed by atoms with Crippen LogP contribution in [0.2, 0.25) is 0 Å². The molecule has 1 aliphatic rings. The van der Waals surface area contributed by atoms with Gasteiger partial charge in [-0.3, -0.25) is 4.79 Å². The SMILES string of the molecule is CN(/C=C1/C(=O)Nc2ccc(Br)cc21)c1ccccc1. The maximum Gasteiger partial charge on any atom is 0.257 e. The Balaban J connectivity index is 2.01. The molecule has 0 fully saturated rings. The van der Waals surface area contributed by atoms with Crippen LogP contribution in [0.15, 0.2) is 59.2 Å². The number of benzene rings is 2. The first-order valence-corrected chi connectivity index (χ1v) is 7.05. The number of anilines is 2. The molecule has 4 heteroatoms. The molecule has 0 radical (unpaired) electrons. The first kappa shape index (κ1) is 12.9. The van der Waals surface area contributed by atoms with Crippen LogP contribution in [0, 0.1) is 0 Å². The monoisotopic (exact) mass is 328 g/mol. The van der Waals surface area contributed by atoms with E-state index in [2.05, 4.69) is 21.2 Å². The third kappa shape index (κ3) is 2.34. The summed E-state index contributed by atoms with van der Waals surface area (Å²) in [5.74, 6) is -0.0686. The van der Waals surface area contributed by atoms with Gasteiger partial charge in [-0.2, -0.15) is 0 Å². The second kappa shape index (κ2) is 5.13. The highest BCUT2D eigenvalue weighted by molar-refractivity contribution is 9.10. The normalized spacial score (nSPS) is 15.1. The number of nitrogens with one attached hydrogen (secondary N) is 1. The Morgan fingerprint density at radius 2 is 1.90 bits per heavy atom. The highest BCUT2D eigenvalue weighted by Crippen LogP contribution is 2.34. The summed E-state index contributed by atoms with van der Waals surface area (Å²) < 4.78 is 0.959. The van der Waals surface area contributed by atoms with E-state index in [0.29, 0.717) is 5.57 Å². The van der Waals surface area contributed by atoms with Crippen LogP contribution in [0.5, 0.6) is 0 Å². The van der Waals surface area contributed by atoms with Crippen molar-refractivity contribution in [3.05, 3.63) is 64.8 Å². The van der Waals surface area contributed by atoms with Gasteiger partial charge in [0.1, 0.15) is 0 Å². The Morgan fingerprint density at radius 3 is 2.65 bits per heavy atom. The van der Waals surface area contributed by atoms with E-state index in [1.165, 1.54) is 0 Å². The maximum atomic E-state index is 12.1. The van der Waals surface area contributed by atoms with Crippen LogP contribution in [0.4, 0.5) is 11.4 Å². The van der Waals surface area contributed by atoms with Gasteiger partial charge in [-0.05, 0) is 30.3 Å². The Kier molecular flexibility index (Phi) is 3.32. The molecule has 0 spiro atoms. The summed E-state index contributed by atoms with van der Waals surface area (Å²) in [5, 5.41) is 2.88. The number of fused-ring (bicyclic) bond motifs is 1. The third-order valence-electron chi connectivity index (χ3n) is 3.25. The van der Waals surface area contributed by atoms with Crippen LogP contribution in [0.25, 0.3) is 5.57 Å². The van der Waals surface area contributed by atoms with Crippen LogP contribution in [-0.4, -0.2) is 13.0 Å². The molecule has 100 valence electrons. The molecule has 3 rings (SSSR count). The van der Waals surface area contributed by atoms with E-state index < -0.39 is 0 Å². The second-order valence-electron chi connectivity index (χ2n) is 4.63. The molecule has 1 amide bonds. The molecule has 0 saturated heterocycles. The molecule has 2 aromatic carbocycles. The average molecular weight is 329 g/mol. The summed E-state index contributed by atoms with van der Waals surface area (Å²) in [6.45, 7) is 0. The first-order valence-electron chi connectivity index (χ1n) is 6.26. The zero-order valence-corrected chi connectivity index (χ0v) is 12.5. The van der Waals surface area contributed by atoms with Crippen LogP contribution in [-0.2, 0) is 4.79 Å². The summed E-state index contributed by atoms with van der Waals surface area (Å²) in [7, 11) is 1.94. The lowest BCUT2D eigenvalue weighted by atomic mass is 10.1. The Hall–Kier alpha value is -2.07. The average Bonchev–Trinajstić information content (AvgIpc) is 2.76. The number of para-hydroxylation sites is 1. The lowest BCUT2D eigenvalue weighted by Crippen LogP contribution is -2.12. The maximum absolute atomic E-state index is 12.1. The molecule has 20 heavy (non-hydrogen) atoms. The lowest BCUT2D eigenvalue weighted by Gasteiger charge is -2.14. The van der Waals surface area contributed by atoms with E-state index in [1.807, 2.05) is 66.7 Å². The number of carbonyl (C=O) groups is 1. The number of hydrogen-bond donors (Lipinski definition) is 1. The number of halogens is 1. The summed E-state index contributed by atoms with van der Waals surface area (Å²) in [4.78, 5) is 14.0. The molecule has 3 nitrogen and oxygen atoms in total. The van der Waals surface area contributed by atoms with Gasteiger partial charge in [-0.25, -0.2) is 0 Å². The second-order valence-corrected chi connectivity index (χ2v) is 5.55. The first-order chi connectivity index (χ1) is 9.65. The molecule has 2 aromatic rings. The predicted octanol–water partition coefficient (Wildman–Crippen LogP) is 3.88. The largest absolute Gasteiger partial charge is 0.350 e. The number of carbonyl (C=O) groups excluding carboxylic acids is 1. The number of rotatable bonds is 2. The smallest absolute Gasteiger partial charge is 0.257 e. The van der Waals surface area contributed by atoms with Gasteiger partial charge < -0.3 is 10.2 Å². The van der Waals surface area contributed by atoms with Gasteiger partial charge in [0.2, 0.25) is 0 Å². The molecule has 0 bridgehead atoms. The zero-order valence-electron chi connectivity index (χ0n) is 10.9. The molecule has 1 N–H and O–H groups in total. The summed E-state index contributed by atoms with van der Waals surface area (Å²) in [6, 6.07) is 15.7. The molecular weight excluding hydrogens is 316 g/mol. The molecule has 0 saturated carbocycles. The molecule has 1 aliphatic heterocycles. The molecule has 0 aromatic heterocycles. The van der Waals surface area contributed by atoms with Gasteiger partial charge in [0.05, 0.1) is 5.57 Å². The van der Waals surface area contributed by atoms with Crippen LogP contribution in [0.1, 0.15) is 5.56 Å². The van der Waals surface area contributed by atoms with Crippen molar-refractivity contribution in [2.45, 2.75) is 0 Å².